The third-order valence-corrected chi connectivity index (χ3v) is 7.79. The monoisotopic (exact) mass is 522 g/mol. The summed E-state index contributed by atoms with van der Waals surface area (Å²) in [6.07, 6.45) is 11.2. The van der Waals surface area contributed by atoms with Crippen LogP contribution in [0.15, 0.2) is 49.2 Å². The van der Waals surface area contributed by atoms with Crippen LogP contribution in [0.4, 0.5) is 17.2 Å². The van der Waals surface area contributed by atoms with Gasteiger partial charge in [-0.15, -0.1) is 5.10 Å². The maximum Gasteiger partial charge on any atom is 0.348 e. The van der Waals surface area contributed by atoms with Crippen molar-refractivity contribution in [2.75, 3.05) is 30.9 Å². The van der Waals surface area contributed by atoms with Gasteiger partial charge in [0, 0.05) is 44.6 Å². The second-order valence-corrected chi connectivity index (χ2v) is 10.1. The number of imidazole rings is 1. The highest BCUT2D eigenvalue weighted by Gasteiger charge is 2.29. The first-order valence-electron chi connectivity index (χ1n) is 13.4. The summed E-state index contributed by atoms with van der Waals surface area (Å²) < 4.78 is 7.19. The van der Waals surface area contributed by atoms with Crippen LogP contribution in [0.2, 0.25) is 0 Å². The van der Waals surface area contributed by atoms with E-state index >= 15 is 0 Å². The molecule has 2 atom stereocenters. The molecule has 2 aliphatic rings. The summed E-state index contributed by atoms with van der Waals surface area (Å²) in [5.41, 5.74) is 7.04. The minimum absolute atomic E-state index is 0.0722. The average molecular weight is 523 g/mol. The van der Waals surface area contributed by atoms with Gasteiger partial charge in [0.1, 0.15) is 0 Å². The normalized spacial score (nSPS) is 18.5. The molecule has 1 aromatic carbocycles. The molecule has 198 valence electrons. The van der Waals surface area contributed by atoms with Crippen molar-refractivity contribution in [3.63, 3.8) is 0 Å². The van der Waals surface area contributed by atoms with Gasteiger partial charge >= 0.3 is 11.9 Å². The number of nitrogens with zero attached hydrogens (tertiary/aromatic N) is 5. The summed E-state index contributed by atoms with van der Waals surface area (Å²) in [5.74, 6) is 0.566. The van der Waals surface area contributed by atoms with Crippen LogP contribution in [0.25, 0.3) is 23.0 Å². The number of hydrogen-bond donors (Lipinski definition) is 2. The van der Waals surface area contributed by atoms with Crippen molar-refractivity contribution in [1.29, 1.82) is 0 Å². The molecule has 4 heterocycles. The van der Waals surface area contributed by atoms with Crippen molar-refractivity contribution < 1.29 is 14.5 Å². The van der Waals surface area contributed by atoms with E-state index in [1.807, 2.05) is 31.3 Å². The molecule has 6 rings (SSSR count). The molecule has 0 saturated heterocycles. The maximum atomic E-state index is 13.4. The van der Waals surface area contributed by atoms with Crippen LogP contribution in [0.5, 0.6) is 0 Å². The zero-order valence-corrected chi connectivity index (χ0v) is 22.3. The molecule has 1 aliphatic carbocycles. The number of amides is 1. The molecule has 9 heteroatoms. The maximum absolute atomic E-state index is 13.4. The van der Waals surface area contributed by atoms with Crippen LogP contribution in [0, 0.1) is 6.20 Å². The van der Waals surface area contributed by atoms with Crippen LogP contribution in [0.3, 0.4) is 0 Å². The SMILES string of the molecule is C=Cc1cc#[n+]c(-c2cccc3c2CCN3c2cc(NC)c3ncc(C(=O)NC4CCC[C@@H](OC)C4)n3n2)c1. The van der Waals surface area contributed by atoms with Crippen molar-refractivity contribution >= 4 is 34.8 Å². The molecule has 1 saturated carbocycles. The van der Waals surface area contributed by atoms with Gasteiger partial charge in [-0.2, -0.15) is 0 Å². The topological polar surface area (TPSA) is 97.9 Å². The van der Waals surface area contributed by atoms with Gasteiger partial charge in [0.15, 0.2) is 17.2 Å². The van der Waals surface area contributed by atoms with E-state index in [1.54, 1.807) is 23.9 Å². The zero-order valence-electron chi connectivity index (χ0n) is 22.3. The Balaban J connectivity index is 1.35. The van der Waals surface area contributed by atoms with Gasteiger partial charge < -0.3 is 20.3 Å². The van der Waals surface area contributed by atoms with Gasteiger partial charge in [-0.05, 0) is 60.3 Å². The molecule has 1 unspecified atom stereocenters. The number of anilines is 3. The summed E-state index contributed by atoms with van der Waals surface area (Å²) in [7, 11) is 3.59. The number of methoxy groups -OCH3 is 1. The molecule has 1 amide bonds. The minimum atomic E-state index is -0.176. The fourth-order valence-corrected chi connectivity index (χ4v) is 5.75. The quantitative estimate of drug-likeness (QED) is 0.380. The number of ether oxygens (including phenoxy) is 1. The highest BCUT2D eigenvalue weighted by atomic mass is 16.5. The van der Waals surface area contributed by atoms with Crippen LogP contribution in [-0.4, -0.2) is 53.4 Å². The number of nitrogens with one attached hydrogen (secondary N) is 2. The lowest BCUT2D eigenvalue weighted by molar-refractivity contribution is -0.280. The number of hydrogen-bond acceptors (Lipinski definition) is 6. The summed E-state index contributed by atoms with van der Waals surface area (Å²) >= 11 is 0. The minimum Gasteiger partial charge on any atom is -0.385 e. The molecule has 0 spiro atoms. The molecular formula is C30H32N7O2+. The smallest absolute Gasteiger partial charge is 0.348 e. The Kier molecular flexibility index (Phi) is 6.63. The standard InChI is InChI=1S/C30H31N7O2/c1-4-19-11-13-32-24(15-19)22-9-6-10-26-23(22)12-14-36(26)28-17-25(31-2)29-33-18-27(37(29)35-28)30(38)34-20-7-5-8-21(16-20)39-3/h4,6,9-11,15,17-18,20-21H,1,5,7-8,12,14,16H2,2-3H3,(H-,31,34,35,38)/p+1/t20?,21-/m1/s1. The van der Waals surface area contributed by atoms with Crippen LogP contribution >= 0.6 is 0 Å². The molecule has 0 radical (unpaired) electrons. The van der Waals surface area contributed by atoms with Crippen molar-refractivity contribution in [3.05, 3.63) is 72.2 Å². The summed E-state index contributed by atoms with van der Waals surface area (Å²) in [4.78, 5) is 24.6. The number of fused-ring (bicyclic) bond motifs is 2. The van der Waals surface area contributed by atoms with Crippen LogP contribution < -0.4 is 20.5 Å². The van der Waals surface area contributed by atoms with Crippen molar-refractivity contribution in [3.8, 4) is 11.3 Å². The Morgan fingerprint density at radius 2 is 2.21 bits per heavy atom. The fraction of sp³-hybridized carbons (Fsp3) is 0.333. The first-order valence-corrected chi connectivity index (χ1v) is 13.4. The van der Waals surface area contributed by atoms with Crippen molar-refractivity contribution in [1.82, 2.24) is 19.9 Å². The van der Waals surface area contributed by atoms with E-state index in [4.69, 9.17) is 9.84 Å². The van der Waals surface area contributed by atoms with Gasteiger partial charge in [0.2, 0.25) is 0 Å². The largest absolute Gasteiger partial charge is 0.385 e. The van der Waals surface area contributed by atoms with Gasteiger partial charge in [-0.3, -0.25) is 4.79 Å². The number of rotatable bonds is 7. The molecule has 4 aromatic rings. The lowest BCUT2D eigenvalue weighted by Crippen LogP contribution is -2.40. The molecule has 3 aromatic heterocycles. The third kappa shape index (κ3) is 4.57. The highest BCUT2D eigenvalue weighted by Crippen LogP contribution is 2.39. The molecule has 9 nitrogen and oxygen atoms in total. The van der Waals surface area contributed by atoms with Crippen molar-refractivity contribution in [2.45, 2.75) is 44.2 Å². The molecule has 2 N–H and O–H groups in total. The van der Waals surface area contributed by atoms with E-state index in [9.17, 15) is 4.79 Å². The molecule has 39 heavy (non-hydrogen) atoms. The lowest BCUT2D eigenvalue weighted by atomic mass is 9.93. The average Bonchev–Trinajstić information content (AvgIpc) is 3.61. The van der Waals surface area contributed by atoms with E-state index in [2.05, 4.69) is 50.4 Å². The number of benzene rings is 1. The Hall–Kier alpha value is -4.42. The third-order valence-electron chi connectivity index (χ3n) is 7.79. The van der Waals surface area contributed by atoms with E-state index in [0.717, 1.165) is 72.7 Å². The predicted octanol–water partition coefficient (Wildman–Crippen LogP) is 3.86. The molecule has 1 fully saturated rings. The molecular weight excluding hydrogens is 490 g/mol. The Morgan fingerprint density at radius 1 is 1.31 bits per heavy atom. The Bertz CT molecular complexity index is 1550. The van der Waals surface area contributed by atoms with Crippen LogP contribution in [0.1, 0.15) is 47.3 Å². The fourth-order valence-electron chi connectivity index (χ4n) is 5.75. The second-order valence-electron chi connectivity index (χ2n) is 10.1. The van der Waals surface area contributed by atoms with Crippen molar-refractivity contribution in [2.24, 2.45) is 0 Å². The first kappa shape index (κ1) is 24.9. The van der Waals surface area contributed by atoms with Gasteiger partial charge in [0.25, 0.3) is 5.91 Å². The van der Waals surface area contributed by atoms with Gasteiger partial charge in [-0.25, -0.2) is 9.50 Å². The number of carbonyl (C=O) groups excluding carboxylic acids is 1. The summed E-state index contributed by atoms with van der Waals surface area (Å²) in [6.45, 7) is 4.63. The predicted molar refractivity (Wildman–Crippen MR) is 150 cm³/mol. The van der Waals surface area contributed by atoms with E-state index in [1.165, 1.54) is 5.56 Å². The Labute approximate surface area is 227 Å². The first-order chi connectivity index (χ1) is 19.1. The van der Waals surface area contributed by atoms with E-state index in [-0.39, 0.29) is 18.1 Å². The highest BCUT2D eigenvalue weighted by molar-refractivity contribution is 5.94. The molecule has 0 bridgehead atoms. The van der Waals surface area contributed by atoms with Gasteiger partial charge in [0.05, 0.1) is 29.6 Å². The van der Waals surface area contributed by atoms with Gasteiger partial charge in [-0.1, -0.05) is 18.7 Å². The molecule has 1 aliphatic heterocycles. The number of aromatic nitrogens is 4. The summed E-state index contributed by atoms with van der Waals surface area (Å²) in [6, 6.07) is 12.2. The lowest BCUT2D eigenvalue weighted by Gasteiger charge is -2.28. The Morgan fingerprint density at radius 3 is 3.03 bits per heavy atom. The van der Waals surface area contributed by atoms with Crippen LogP contribution in [-0.2, 0) is 11.2 Å². The van der Waals surface area contributed by atoms with E-state index < -0.39 is 0 Å². The zero-order chi connectivity index (χ0) is 26.9. The summed E-state index contributed by atoms with van der Waals surface area (Å²) in [5, 5.41) is 11.3. The van der Waals surface area contributed by atoms with E-state index in [0.29, 0.717) is 11.3 Å². The number of carbonyl (C=O) groups is 1. The second kappa shape index (κ2) is 10.4.